The first-order valence-electron chi connectivity index (χ1n) is 8.56. The second-order valence-electron chi connectivity index (χ2n) is 6.46. The molecule has 2 aliphatic rings. The third-order valence-electron chi connectivity index (χ3n) is 4.96. The lowest BCUT2D eigenvalue weighted by molar-refractivity contribution is 0.137. The van der Waals surface area contributed by atoms with Crippen molar-refractivity contribution in [3.05, 3.63) is 45.1 Å². The standard InChI is InChI=1S/C18H18ClN5OS/c19-17-2-1-16(26-17)15(9-20)13-3-5-22(6-4-13)18(25)23-7-8-24-12-21-10-14(24)11-23/h1-2,10,12H,3-8,11H2. The zero-order valence-corrected chi connectivity index (χ0v) is 15.8. The van der Waals surface area contributed by atoms with Crippen LogP contribution in [0.1, 0.15) is 23.4 Å². The van der Waals surface area contributed by atoms with E-state index in [2.05, 4.69) is 15.6 Å². The predicted octanol–water partition coefficient (Wildman–Crippen LogP) is 3.61. The SMILES string of the molecule is N#CC(=C1CCN(C(=O)N2CCn3cncc3C2)CC1)c1ccc(Cl)s1. The lowest BCUT2D eigenvalue weighted by atomic mass is 9.97. The number of halogens is 1. The van der Waals surface area contributed by atoms with E-state index in [-0.39, 0.29) is 6.03 Å². The summed E-state index contributed by atoms with van der Waals surface area (Å²) in [6.45, 7) is 3.40. The van der Waals surface area contributed by atoms with E-state index in [1.807, 2.05) is 34.5 Å². The van der Waals surface area contributed by atoms with Crippen LogP contribution in [0.3, 0.4) is 0 Å². The van der Waals surface area contributed by atoms with Crippen LogP contribution >= 0.6 is 22.9 Å². The number of likely N-dealkylation sites (tertiary alicyclic amines) is 1. The largest absolute Gasteiger partial charge is 0.331 e. The number of nitrogens with zero attached hydrogens (tertiary/aromatic N) is 5. The van der Waals surface area contributed by atoms with Crippen LogP contribution in [0.4, 0.5) is 4.79 Å². The molecule has 2 aromatic heterocycles. The van der Waals surface area contributed by atoms with Gasteiger partial charge in [-0.05, 0) is 30.5 Å². The molecular formula is C18H18ClN5OS. The third-order valence-corrected chi connectivity index (χ3v) is 6.20. The fourth-order valence-electron chi connectivity index (χ4n) is 3.52. The lowest BCUT2D eigenvalue weighted by Crippen LogP contribution is -2.48. The molecule has 4 heterocycles. The number of rotatable bonds is 1. The van der Waals surface area contributed by atoms with Gasteiger partial charge < -0.3 is 14.4 Å². The Morgan fingerprint density at radius 2 is 2.00 bits per heavy atom. The number of nitriles is 1. The number of imidazole rings is 1. The molecule has 0 radical (unpaired) electrons. The highest BCUT2D eigenvalue weighted by atomic mass is 35.5. The maximum atomic E-state index is 12.8. The second kappa shape index (κ2) is 7.14. The van der Waals surface area contributed by atoms with Crippen molar-refractivity contribution in [3.63, 3.8) is 0 Å². The number of urea groups is 1. The van der Waals surface area contributed by atoms with Crippen molar-refractivity contribution in [2.75, 3.05) is 19.6 Å². The van der Waals surface area contributed by atoms with Gasteiger partial charge in [-0.1, -0.05) is 11.6 Å². The quantitative estimate of drug-likeness (QED) is 0.702. The van der Waals surface area contributed by atoms with Crippen LogP contribution in [0.15, 0.2) is 30.2 Å². The minimum absolute atomic E-state index is 0.0779. The van der Waals surface area contributed by atoms with E-state index in [1.165, 1.54) is 11.3 Å². The monoisotopic (exact) mass is 387 g/mol. The Kier molecular flexibility index (Phi) is 4.70. The van der Waals surface area contributed by atoms with Crippen LogP contribution in [0, 0.1) is 11.3 Å². The number of carbonyl (C=O) groups is 1. The van der Waals surface area contributed by atoms with Crippen molar-refractivity contribution in [2.45, 2.75) is 25.9 Å². The molecule has 4 rings (SSSR count). The third kappa shape index (κ3) is 3.22. The molecule has 0 atom stereocenters. The molecule has 0 spiro atoms. The van der Waals surface area contributed by atoms with Gasteiger partial charge in [-0.15, -0.1) is 11.3 Å². The minimum Gasteiger partial charge on any atom is -0.331 e. The van der Waals surface area contributed by atoms with Gasteiger partial charge >= 0.3 is 6.03 Å². The van der Waals surface area contributed by atoms with E-state index < -0.39 is 0 Å². The molecule has 26 heavy (non-hydrogen) atoms. The fraction of sp³-hybridized carbons (Fsp3) is 0.389. The summed E-state index contributed by atoms with van der Waals surface area (Å²) in [5.74, 6) is 0. The highest BCUT2D eigenvalue weighted by molar-refractivity contribution is 7.17. The van der Waals surface area contributed by atoms with Gasteiger partial charge in [0.15, 0.2) is 0 Å². The molecule has 0 bridgehead atoms. The fourth-order valence-corrected chi connectivity index (χ4v) is 4.61. The van der Waals surface area contributed by atoms with Gasteiger partial charge in [0, 0.05) is 37.3 Å². The first-order chi connectivity index (χ1) is 12.7. The number of allylic oxidation sites excluding steroid dienone is 1. The maximum Gasteiger partial charge on any atom is 0.320 e. The van der Waals surface area contributed by atoms with Gasteiger partial charge in [0.05, 0.1) is 28.5 Å². The molecule has 1 saturated heterocycles. The van der Waals surface area contributed by atoms with Crippen LogP contribution < -0.4 is 0 Å². The molecule has 2 aliphatic heterocycles. The van der Waals surface area contributed by atoms with Gasteiger partial charge in [-0.25, -0.2) is 9.78 Å². The molecule has 0 N–H and O–H groups in total. The molecule has 0 aromatic carbocycles. The zero-order chi connectivity index (χ0) is 18.1. The highest BCUT2D eigenvalue weighted by Crippen LogP contribution is 2.33. The van der Waals surface area contributed by atoms with Crippen molar-refractivity contribution in [3.8, 4) is 6.07 Å². The van der Waals surface area contributed by atoms with Crippen molar-refractivity contribution in [2.24, 2.45) is 0 Å². The molecule has 1 fully saturated rings. The number of fused-ring (bicyclic) bond motifs is 1. The van der Waals surface area contributed by atoms with Gasteiger partial charge in [0.1, 0.15) is 6.07 Å². The molecular weight excluding hydrogens is 370 g/mol. The highest BCUT2D eigenvalue weighted by Gasteiger charge is 2.28. The van der Waals surface area contributed by atoms with Gasteiger partial charge in [-0.3, -0.25) is 0 Å². The zero-order valence-electron chi connectivity index (χ0n) is 14.2. The summed E-state index contributed by atoms with van der Waals surface area (Å²) >= 11 is 7.43. The number of carbonyl (C=O) groups excluding carboxylic acids is 1. The Bertz CT molecular complexity index is 899. The first kappa shape index (κ1) is 17.1. The molecule has 6 nitrogen and oxygen atoms in total. The predicted molar refractivity (Wildman–Crippen MR) is 101 cm³/mol. The number of hydrogen-bond acceptors (Lipinski definition) is 4. The van der Waals surface area contributed by atoms with E-state index >= 15 is 0 Å². The van der Waals surface area contributed by atoms with Gasteiger partial charge in [0.25, 0.3) is 0 Å². The summed E-state index contributed by atoms with van der Waals surface area (Å²) in [5.41, 5.74) is 2.91. The Hall–Kier alpha value is -2.30. The average Bonchev–Trinajstić information content (AvgIpc) is 3.30. The summed E-state index contributed by atoms with van der Waals surface area (Å²) in [7, 11) is 0. The van der Waals surface area contributed by atoms with Crippen LogP contribution in [-0.2, 0) is 13.1 Å². The van der Waals surface area contributed by atoms with E-state index in [4.69, 9.17) is 11.6 Å². The van der Waals surface area contributed by atoms with Crippen LogP contribution in [-0.4, -0.2) is 45.0 Å². The van der Waals surface area contributed by atoms with Gasteiger partial charge in [0.2, 0.25) is 0 Å². The van der Waals surface area contributed by atoms with Gasteiger partial charge in [-0.2, -0.15) is 5.26 Å². The summed E-state index contributed by atoms with van der Waals surface area (Å²) in [6, 6.07) is 6.12. The van der Waals surface area contributed by atoms with E-state index in [9.17, 15) is 10.1 Å². The number of amides is 2. The van der Waals surface area contributed by atoms with E-state index in [1.54, 1.807) is 0 Å². The minimum atomic E-state index is 0.0779. The number of aromatic nitrogens is 2. The number of thiophene rings is 1. The van der Waals surface area contributed by atoms with Crippen molar-refractivity contribution in [1.82, 2.24) is 19.4 Å². The Balaban J connectivity index is 1.43. The van der Waals surface area contributed by atoms with Crippen molar-refractivity contribution < 1.29 is 4.79 Å². The topological polar surface area (TPSA) is 65.2 Å². The average molecular weight is 388 g/mol. The molecule has 0 aliphatic carbocycles. The van der Waals surface area contributed by atoms with Crippen LogP contribution in [0.5, 0.6) is 0 Å². The number of hydrogen-bond donors (Lipinski definition) is 0. The maximum absolute atomic E-state index is 12.8. The summed E-state index contributed by atoms with van der Waals surface area (Å²) in [4.78, 5) is 21.7. The normalized spacial score (nSPS) is 17.0. The summed E-state index contributed by atoms with van der Waals surface area (Å²) in [6.07, 6.45) is 5.10. The molecule has 0 saturated carbocycles. The van der Waals surface area contributed by atoms with Crippen LogP contribution in [0.2, 0.25) is 4.34 Å². The molecule has 2 amide bonds. The van der Waals surface area contributed by atoms with Crippen molar-refractivity contribution in [1.29, 1.82) is 5.26 Å². The molecule has 0 unspecified atom stereocenters. The smallest absolute Gasteiger partial charge is 0.320 e. The Morgan fingerprint density at radius 3 is 2.69 bits per heavy atom. The van der Waals surface area contributed by atoms with Crippen molar-refractivity contribution >= 4 is 34.5 Å². The van der Waals surface area contributed by atoms with E-state index in [0.717, 1.165) is 41.1 Å². The molecule has 8 heteroatoms. The lowest BCUT2D eigenvalue weighted by Gasteiger charge is -2.36. The molecule has 134 valence electrons. The first-order valence-corrected chi connectivity index (χ1v) is 9.76. The Labute approximate surface area is 160 Å². The second-order valence-corrected chi connectivity index (χ2v) is 8.18. The van der Waals surface area contributed by atoms with E-state index in [0.29, 0.717) is 30.5 Å². The summed E-state index contributed by atoms with van der Waals surface area (Å²) in [5, 5.41) is 9.55. The van der Waals surface area contributed by atoms with Crippen LogP contribution in [0.25, 0.3) is 5.57 Å². The Morgan fingerprint density at radius 1 is 1.19 bits per heavy atom. The number of piperidine rings is 1. The molecule has 2 aromatic rings. The summed E-state index contributed by atoms with van der Waals surface area (Å²) < 4.78 is 2.77.